The van der Waals surface area contributed by atoms with Gasteiger partial charge in [-0.15, -0.1) is 0 Å². The number of ether oxygens (including phenoxy) is 2. The molecule has 1 amide bonds. The van der Waals surface area contributed by atoms with Crippen LogP contribution in [-0.4, -0.2) is 47.3 Å². The highest BCUT2D eigenvalue weighted by Gasteiger charge is 2.39. The van der Waals surface area contributed by atoms with Crippen molar-refractivity contribution in [2.75, 3.05) is 26.3 Å². The van der Waals surface area contributed by atoms with Gasteiger partial charge in [0.05, 0.1) is 13.2 Å². The Morgan fingerprint density at radius 2 is 1.91 bits per heavy atom. The number of alkyl carbamates (subject to hydrolysis) is 1. The number of hydrogen-bond acceptors (Lipinski definition) is 4. The molecule has 0 radical (unpaired) electrons. The van der Waals surface area contributed by atoms with Crippen LogP contribution in [0.15, 0.2) is 30.3 Å². The van der Waals surface area contributed by atoms with Gasteiger partial charge in [-0.05, 0) is 5.56 Å². The molecule has 1 aromatic rings. The Labute approximate surface area is 144 Å². The standard InChI is InChI=1S/C14H17Cl3N2O3/c15-14(16,17)12(19-6-8-21-9-7-19)18-13(20)22-10-11-4-2-1-3-5-11/h1-5,12H,6-10H2,(H,18,20). The van der Waals surface area contributed by atoms with Crippen LogP contribution in [0.1, 0.15) is 5.56 Å². The summed E-state index contributed by atoms with van der Waals surface area (Å²) in [5.41, 5.74) is 0.884. The number of nitrogens with one attached hydrogen (secondary N) is 1. The van der Waals surface area contributed by atoms with E-state index < -0.39 is 16.1 Å². The zero-order valence-corrected chi connectivity index (χ0v) is 14.1. The minimum atomic E-state index is -1.66. The molecule has 1 aliphatic rings. The summed E-state index contributed by atoms with van der Waals surface area (Å²) in [5.74, 6) is 0. The van der Waals surface area contributed by atoms with E-state index in [0.717, 1.165) is 5.56 Å². The molecule has 1 aromatic carbocycles. The van der Waals surface area contributed by atoms with E-state index >= 15 is 0 Å². The minimum absolute atomic E-state index is 0.155. The third kappa shape index (κ3) is 5.48. The van der Waals surface area contributed by atoms with E-state index in [2.05, 4.69) is 5.32 Å². The number of halogens is 3. The zero-order chi connectivity index (χ0) is 16.0. The Morgan fingerprint density at radius 1 is 1.27 bits per heavy atom. The number of nitrogens with zero attached hydrogens (tertiary/aromatic N) is 1. The first-order valence-corrected chi connectivity index (χ1v) is 7.96. The SMILES string of the molecule is O=C(NC(N1CCOCC1)C(Cl)(Cl)Cl)OCc1ccccc1. The number of amides is 1. The fourth-order valence-electron chi connectivity index (χ4n) is 2.09. The van der Waals surface area contributed by atoms with Crippen LogP contribution in [0.25, 0.3) is 0 Å². The van der Waals surface area contributed by atoms with Crippen molar-refractivity contribution in [3.05, 3.63) is 35.9 Å². The number of hydrogen-bond donors (Lipinski definition) is 1. The number of rotatable bonds is 4. The van der Waals surface area contributed by atoms with Crippen molar-refractivity contribution < 1.29 is 14.3 Å². The molecule has 1 fully saturated rings. The third-order valence-corrected chi connectivity index (χ3v) is 3.81. The average molecular weight is 368 g/mol. The predicted octanol–water partition coefficient (Wildman–Crippen LogP) is 2.94. The molecule has 0 bridgehead atoms. The number of carbonyl (C=O) groups excluding carboxylic acids is 1. The van der Waals surface area contributed by atoms with Gasteiger partial charge in [-0.3, -0.25) is 4.90 Å². The van der Waals surface area contributed by atoms with E-state index in [1.54, 1.807) is 0 Å². The van der Waals surface area contributed by atoms with Crippen LogP contribution in [0.4, 0.5) is 4.79 Å². The van der Waals surface area contributed by atoms with Crippen molar-refractivity contribution in [3.8, 4) is 0 Å². The first kappa shape index (κ1) is 17.6. The lowest BCUT2D eigenvalue weighted by atomic mass is 10.2. The summed E-state index contributed by atoms with van der Waals surface area (Å²) in [4.78, 5) is 13.8. The van der Waals surface area contributed by atoms with Crippen molar-refractivity contribution in [2.24, 2.45) is 0 Å². The second-order valence-corrected chi connectivity index (χ2v) is 7.17. The van der Waals surface area contributed by atoms with Gasteiger partial charge in [0.25, 0.3) is 0 Å². The van der Waals surface area contributed by atoms with Gasteiger partial charge < -0.3 is 14.8 Å². The van der Waals surface area contributed by atoms with E-state index in [1.807, 2.05) is 35.2 Å². The van der Waals surface area contributed by atoms with Crippen molar-refractivity contribution in [3.63, 3.8) is 0 Å². The number of morpholine rings is 1. The maximum absolute atomic E-state index is 11.9. The van der Waals surface area contributed by atoms with Crippen LogP contribution in [-0.2, 0) is 16.1 Å². The monoisotopic (exact) mass is 366 g/mol. The molecule has 1 N–H and O–H groups in total. The first-order valence-electron chi connectivity index (χ1n) is 6.82. The summed E-state index contributed by atoms with van der Waals surface area (Å²) in [6, 6.07) is 9.35. The Hall–Kier alpha value is -0.720. The second-order valence-electron chi connectivity index (χ2n) is 4.80. The summed E-state index contributed by atoms with van der Waals surface area (Å²) in [6.45, 7) is 2.34. The van der Waals surface area contributed by atoms with Crippen molar-refractivity contribution in [2.45, 2.75) is 16.6 Å². The Kier molecular flexibility index (Phi) is 6.59. The van der Waals surface area contributed by atoms with Crippen molar-refractivity contribution in [1.82, 2.24) is 10.2 Å². The van der Waals surface area contributed by atoms with E-state index in [0.29, 0.717) is 26.3 Å². The molecule has 8 heteroatoms. The van der Waals surface area contributed by atoms with Gasteiger partial charge in [0.1, 0.15) is 12.8 Å². The summed E-state index contributed by atoms with van der Waals surface area (Å²) in [5, 5.41) is 2.61. The molecule has 1 unspecified atom stereocenters. The Morgan fingerprint density at radius 3 is 2.50 bits per heavy atom. The second kappa shape index (κ2) is 8.22. The highest BCUT2D eigenvalue weighted by atomic mass is 35.6. The highest BCUT2D eigenvalue weighted by Crippen LogP contribution is 2.32. The molecule has 1 atom stereocenters. The molecule has 0 aliphatic carbocycles. The maximum atomic E-state index is 11.9. The lowest BCUT2D eigenvalue weighted by Crippen LogP contribution is -2.58. The van der Waals surface area contributed by atoms with Crippen LogP contribution >= 0.6 is 34.8 Å². The van der Waals surface area contributed by atoms with Gasteiger partial charge in [-0.25, -0.2) is 4.79 Å². The number of carbonyl (C=O) groups is 1. The lowest BCUT2D eigenvalue weighted by Gasteiger charge is -2.37. The van der Waals surface area contributed by atoms with Crippen molar-refractivity contribution >= 4 is 40.9 Å². The zero-order valence-electron chi connectivity index (χ0n) is 11.8. The summed E-state index contributed by atoms with van der Waals surface area (Å²) < 4.78 is 8.76. The maximum Gasteiger partial charge on any atom is 0.408 e. The largest absolute Gasteiger partial charge is 0.445 e. The normalized spacial score (nSPS) is 17.8. The summed E-state index contributed by atoms with van der Waals surface area (Å²) in [7, 11) is 0. The minimum Gasteiger partial charge on any atom is -0.445 e. The van der Waals surface area contributed by atoms with Gasteiger partial charge in [0, 0.05) is 13.1 Å². The van der Waals surface area contributed by atoms with Gasteiger partial charge in [0.2, 0.25) is 3.79 Å². The molecule has 0 spiro atoms. The summed E-state index contributed by atoms with van der Waals surface area (Å²) in [6.07, 6.45) is -1.41. The number of alkyl halides is 3. The molecular formula is C14H17Cl3N2O3. The van der Waals surface area contributed by atoms with Crippen molar-refractivity contribution in [1.29, 1.82) is 0 Å². The number of benzene rings is 1. The van der Waals surface area contributed by atoms with Gasteiger partial charge in [0.15, 0.2) is 0 Å². The smallest absolute Gasteiger partial charge is 0.408 e. The molecule has 0 aromatic heterocycles. The Balaban J connectivity index is 1.90. The van der Waals surface area contributed by atoms with E-state index in [1.165, 1.54) is 0 Å². The van der Waals surface area contributed by atoms with E-state index in [4.69, 9.17) is 44.3 Å². The van der Waals surface area contributed by atoms with Crippen LogP contribution in [0.5, 0.6) is 0 Å². The van der Waals surface area contributed by atoms with Crippen LogP contribution < -0.4 is 5.32 Å². The fraction of sp³-hybridized carbons (Fsp3) is 0.500. The van der Waals surface area contributed by atoms with Gasteiger partial charge in [-0.1, -0.05) is 65.1 Å². The van der Waals surface area contributed by atoms with Crippen LogP contribution in [0, 0.1) is 0 Å². The van der Waals surface area contributed by atoms with Crippen LogP contribution in [0.3, 0.4) is 0 Å². The van der Waals surface area contributed by atoms with E-state index in [-0.39, 0.29) is 6.61 Å². The molecule has 1 heterocycles. The molecule has 5 nitrogen and oxygen atoms in total. The van der Waals surface area contributed by atoms with Gasteiger partial charge in [-0.2, -0.15) is 0 Å². The summed E-state index contributed by atoms with van der Waals surface area (Å²) >= 11 is 17.9. The molecule has 1 saturated heterocycles. The lowest BCUT2D eigenvalue weighted by molar-refractivity contribution is 0.00866. The molecule has 1 aliphatic heterocycles. The predicted molar refractivity (Wildman–Crippen MR) is 86.2 cm³/mol. The molecular weight excluding hydrogens is 351 g/mol. The third-order valence-electron chi connectivity index (χ3n) is 3.19. The molecule has 22 heavy (non-hydrogen) atoms. The average Bonchev–Trinajstić information content (AvgIpc) is 2.51. The highest BCUT2D eigenvalue weighted by molar-refractivity contribution is 6.68. The molecule has 2 rings (SSSR count). The first-order chi connectivity index (χ1) is 10.5. The quantitative estimate of drug-likeness (QED) is 0.831. The van der Waals surface area contributed by atoms with E-state index in [9.17, 15) is 4.79 Å². The fourth-order valence-corrected chi connectivity index (χ4v) is 2.67. The van der Waals surface area contributed by atoms with Gasteiger partial charge >= 0.3 is 6.09 Å². The Bertz CT molecular complexity index is 476. The molecule has 122 valence electrons. The molecule has 0 saturated carbocycles. The topological polar surface area (TPSA) is 50.8 Å². The van der Waals surface area contributed by atoms with Crippen LogP contribution in [0.2, 0.25) is 0 Å².